The van der Waals surface area contributed by atoms with Gasteiger partial charge in [0.25, 0.3) is 0 Å². The fourth-order valence-electron chi connectivity index (χ4n) is 1.58. The van der Waals surface area contributed by atoms with Crippen LogP contribution in [0.4, 0.5) is 5.95 Å². The lowest BCUT2D eigenvalue weighted by molar-refractivity contribution is -0.143. The molecular weight excluding hydrogens is 246 g/mol. The summed E-state index contributed by atoms with van der Waals surface area (Å²) in [6.07, 6.45) is 5.03. The smallest absolute Gasteiger partial charge is 0.316 e. The van der Waals surface area contributed by atoms with E-state index in [1.165, 1.54) is 6.33 Å². The summed E-state index contributed by atoms with van der Waals surface area (Å²) in [5.74, 6) is -1.01. The van der Waals surface area contributed by atoms with Gasteiger partial charge >= 0.3 is 11.8 Å². The molecule has 7 nitrogen and oxygen atoms in total. The third-order valence-corrected chi connectivity index (χ3v) is 2.69. The van der Waals surface area contributed by atoms with Crippen molar-refractivity contribution in [1.29, 1.82) is 0 Å². The van der Waals surface area contributed by atoms with Crippen LogP contribution in [-0.4, -0.2) is 45.0 Å². The zero-order valence-electron chi connectivity index (χ0n) is 11.5. The molecule has 1 rings (SSSR count). The molecular formula is C12H21N5O2. The summed E-state index contributed by atoms with van der Waals surface area (Å²) in [4.78, 5) is 29.2. The van der Waals surface area contributed by atoms with Gasteiger partial charge in [0.2, 0.25) is 5.95 Å². The third-order valence-electron chi connectivity index (χ3n) is 2.69. The van der Waals surface area contributed by atoms with Gasteiger partial charge in [-0.3, -0.25) is 14.9 Å². The van der Waals surface area contributed by atoms with Crippen LogP contribution in [-0.2, 0) is 9.59 Å². The minimum absolute atomic E-state index is 0.185. The second-order valence-electron chi connectivity index (χ2n) is 4.29. The Hall–Kier alpha value is -1.92. The van der Waals surface area contributed by atoms with Crippen LogP contribution in [0, 0.1) is 0 Å². The fourth-order valence-corrected chi connectivity index (χ4v) is 1.58. The van der Waals surface area contributed by atoms with Gasteiger partial charge in [0.05, 0.1) is 0 Å². The molecule has 0 fully saturated rings. The van der Waals surface area contributed by atoms with Crippen LogP contribution in [0.3, 0.4) is 0 Å². The fraction of sp³-hybridized carbons (Fsp3) is 0.667. The van der Waals surface area contributed by atoms with Crippen LogP contribution >= 0.6 is 0 Å². The van der Waals surface area contributed by atoms with Crippen molar-refractivity contribution in [3.8, 4) is 0 Å². The van der Waals surface area contributed by atoms with Gasteiger partial charge in [-0.2, -0.15) is 10.1 Å². The highest BCUT2D eigenvalue weighted by molar-refractivity contribution is 6.39. The first kappa shape index (κ1) is 15.1. The normalized spacial score (nSPS) is 10.2. The highest BCUT2D eigenvalue weighted by Crippen LogP contribution is 2.02. The summed E-state index contributed by atoms with van der Waals surface area (Å²) in [7, 11) is 0. The van der Waals surface area contributed by atoms with Crippen molar-refractivity contribution in [3.05, 3.63) is 6.33 Å². The quantitative estimate of drug-likeness (QED) is 0.725. The van der Waals surface area contributed by atoms with Gasteiger partial charge in [-0.25, -0.2) is 5.10 Å². The summed E-state index contributed by atoms with van der Waals surface area (Å²) in [6.45, 7) is 5.33. The largest absolute Gasteiger partial charge is 0.334 e. The van der Waals surface area contributed by atoms with E-state index in [1.807, 2.05) is 0 Å². The van der Waals surface area contributed by atoms with Gasteiger partial charge < -0.3 is 4.90 Å². The monoisotopic (exact) mass is 267 g/mol. The molecule has 2 amide bonds. The second kappa shape index (κ2) is 8.23. The standard InChI is InChI=1S/C12H21N5O2/c1-3-5-7-17(8-6-4-2)11(19)10(18)15-12-13-9-14-16-12/h9H,3-8H2,1-2H3,(H2,13,14,15,16,18). The third kappa shape index (κ3) is 5.07. The molecule has 0 radical (unpaired) electrons. The molecule has 0 saturated heterocycles. The number of aromatic nitrogens is 3. The number of unbranched alkanes of at least 4 members (excludes halogenated alkanes) is 2. The number of carbonyl (C=O) groups is 2. The molecule has 0 aliphatic rings. The molecule has 7 heteroatoms. The van der Waals surface area contributed by atoms with Gasteiger partial charge in [-0.1, -0.05) is 26.7 Å². The number of nitrogens with one attached hydrogen (secondary N) is 2. The predicted octanol–water partition coefficient (Wildman–Crippen LogP) is 1.17. The van der Waals surface area contributed by atoms with Gasteiger partial charge in [0.1, 0.15) is 6.33 Å². The summed E-state index contributed by atoms with van der Waals surface area (Å²) >= 11 is 0. The van der Waals surface area contributed by atoms with E-state index in [1.54, 1.807) is 4.90 Å². The lowest BCUT2D eigenvalue weighted by Crippen LogP contribution is -2.41. The first-order chi connectivity index (χ1) is 9.19. The van der Waals surface area contributed by atoms with E-state index in [4.69, 9.17) is 0 Å². The molecule has 106 valence electrons. The zero-order chi connectivity index (χ0) is 14.1. The number of aromatic amines is 1. The van der Waals surface area contributed by atoms with Gasteiger partial charge in [0, 0.05) is 13.1 Å². The molecule has 2 N–H and O–H groups in total. The Labute approximate surface area is 112 Å². The molecule has 0 spiro atoms. The van der Waals surface area contributed by atoms with E-state index in [0.717, 1.165) is 25.7 Å². The van der Waals surface area contributed by atoms with Crippen LogP contribution in [0.5, 0.6) is 0 Å². The second-order valence-corrected chi connectivity index (χ2v) is 4.29. The predicted molar refractivity (Wildman–Crippen MR) is 71.4 cm³/mol. The maximum Gasteiger partial charge on any atom is 0.316 e. The van der Waals surface area contributed by atoms with Crippen LogP contribution in [0.2, 0.25) is 0 Å². The molecule has 0 saturated carbocycles. The molecule has 1 aromatic heterocycles. The summed E-state index contributed by atoms with van der Waals surface area (Å²) < 4.78 is 0. The van der Waals surface area contributed by atoms with Crippen LogP contribution in [0.1, 0.15) is 39.5 Å². The van der Waals surface area contributed by atoms with E-state index in [-0.39, 0.29) is 5.95 Å². The molecule has 0 unspecified atom stereocenters. The van der Waals surface area contributed by atoms with Gasteiger partial charge in [-0.05, 0) is 12.8 Å². The lowest BCUT2D eigenvalue weighted by Gasteiger charge is -2.21. The molecule has 1 aromatic rings. The van der Waals surface area contributed by atoms with Gasteiger partial charge in [0.15, 0.2) is 0 Å². The van der Waals surface area contributed by atoms with Crippen molar-refractivity contribution < 1.29 is 9.59 Å². The van der Waals surface area contributed by atoms with Crippen molar-refractivity contribution in [1.82, 2.24) is 20.1 Å². The van der Waals surface area contributed by atoms with Crippen LogP contribution in [0.25, 0.3) is 0 Å². The van der Waals surface area contributed by atoms with Crippen molar-refractivity contribution >= 4 is 17.8 Å². The number of hydrogen-bond acceptors (Lipinski definition) is 4. The zero-order valence-corrected chi connectivity index (χ0v) is 11.5. The van der Waals surface area contributed by atoms with Crippen molar-refractivity contribution in [2.24, 2.45) is 0 Å². The number of hydrogen-bond donors (Lipinski definition) is 2. The number of nitrogens with zero attached hydrogens (tertiary/aromatic N) is 3. The number of carbonyl (C=O) groups excluding carboxylic acids is 2. The minimum atomic E-state index is -0.677. The van der Waals surface area contributed by atoms with E-state index >= 15 is 0 Å². The Morgan fingerprint density at radius 1 is 1.26 bits per heavy atom. The summed E-state index contributed by atoms with van der Waals surface area (Å²) in [5.41, 5.74) is 0. The highest BCUT2D eigenvalue weighted by Gasteiger charge is 2.21. The maximum absolute atomic E-state index is 12.0. The average Bonchev–Trinajstić information content (AvgIpc) is 2.91. The molecule has 0 aromatic carbocycles. The summed E-state index contributed by atoms with van der Waals surface area (Å²) in [6, 6.07) is 0. The van der Waals surface area contributed by atoms with E-state index in [0.29, 0.717) is 13.1 Å². The lowest BCUT2D eigenvalue weighted by atomic mass is 10.2. The highest BCUT2D eigenvalue weighted by atomic mass is 16.2. The number of H-pyrrole nitrogens is 1. The molecule has 0 atom stereocenters. The first-order valence-electron chi connectivity index (χ1n) is 6.64. The van der Waals surface area contributed by atoms with E-state index in [9.17, 15) is 9.59 Å². The molecule has 1 heterocycles. The summed E-state index contributed by atoms with van der Waals surface area (Å²) in [5, 5.41) is 8.48. The topological polar surface area (TPSA) is 91.0 Å². The Kier molecular flexibility index (Phi) is 6.56. The Morgan fingerprint density at radius 3 is 2.37 bits per heavy atom. The molecule has 19 heavy (non-hydrogen) atoms. The molecule has 0 aliphatic carbocycles. The number of amides is 2. The van der Waals surface area contributed by atoms with Crippen molar-refractivity contribution in [2.45, 2.75) is 39.5 Å². The van der Waals surface area contributed by atoms with Crippen molar-refractivity contribution in [3.63, 3.8) is 0 Å². The first-order valence-corrected chi connectivity index (χ1v) is 6.64. The van der Waals surface area contributed by atoms with Gasteiger partial charge in [-0.15, -0.1) is 0 Å². The molecule has 0 bridgehead atoms. The van der Waals surface area contributed by atoms with E-state index < -0.39 is 11.8 Å². The molecule has 0 aliphatic heterocycles. The van der Waals surface area contributed by atoms with Crippen LogP contribution in [0.15, 0.2) is 6.33 Å². The number of anilines is 1. The van der Waals surface area contributed by atoms with Crippen molar-refractivity contribution in [2.75, 3.05) is 18.4 Å². The Bertz CT molecular complexity index is 383. The minimum Gasteiger partial charge on any atom is -0.334 e. The average molecular weight is 267 g/mol. The van der Waals surface area contributed by atoms with Crippen LogP contribution < -0.4 is 5.32 Å². The number of rotatable bonds is 7. The SMILES string of the molecule is CCCCN(CCCC)C(=O)C(=O)Nc1ncn[nH]1. The van der Waals surface area contributed by atoms with E-state index in [2.05, 4.69) is 34.3 Å². The Morgan fingerprint density at radius 2 is 1.89 bits per heavy atom. The maximum atomic E-state index is 12.0. The Balaban J connectivity index is 2.55.